The van der Waals surface area contributed by atoms with Crippen LogP contribution in [0.1, 0.15) is 50.1 Å². The molecule has 27 heavy (non-hydrogen) atoms. The third-order valence-electron chi connectivity index (χ3n) is 4.44. The molecule has 0 aliphatic carbocycles. The number of aryl methyl sites for hydroxylation is 2. The number of aromatic nitrogens is 1. The summed E-state index contributed by atoms with van der Waals surface area (Å²) in [5.74, 6) is 0.337. The number of rotatable bonds is 6. The molecule has 0 spiro atoms. The summed E-state index contributed by atoms with van der Waals surface area (Å²) in [6.45, 7) is 5.60. The van der Waals surface area contributed by atoms with Crippen LogP contribution in [0.4, 0.5) is 4.39 Å². The van der Waals surface area contributed by atoms with Crippen molar-refractivity contribution in [3.63, 3.8) is 0 Å². The first kappa shape index (κ1) is 19.1. The van der Waals surface area contributed by atoms with Crippen molar-refractivity contribution in [2.75, 3.05) is 7.11 Å². The summed E-state index contributed by atoms with van der Waals surface area (Å²) in [7, 11) is 1.42. The van der Waals surface area contributed by atoms with Crippen LogP contribution in [0.2, 0.25) is 0 Å². The van der Waals surface area contributed by atoms with Gasteiger partial charge in [0.25, 0.3) is 5.91 Å². The van der Waals surface area contributed by atoms with Crippen molar-refractivity contribution in [1.29, 1.82) is 0 Å². The maximum Gasteiger partial charge on any atom is 0.261 e. The smallest absolute Gasteiger partial charge is 0.261 e. The molecule has 0 fully saturated rings. The van der Waals surface area contributed by atoms with E-state index >= 15 is 0 Å². The number of ether oxygens (including phenoxy) is 1. The summed E-state index contributed by atoms with van der Waals surface area (Å²) in [5.41, 5.74) is 2.59. The first-order valence-corrected chi connectivity index (χ1v) is 9.35. The van der Waals surface area contributed by atoms with Gasteiger partial charge < -0.3 is 14.6 Å². The summed E-state index contributed by atoms with van der Waals surface area (Å²) in [6.07, 6.45) is 0.679. The number of halogens is 1. The van der Waals surface area contributed by atoms with Crippen molar-refractivity contribution in [1.82, 2.24) is 10.5 Å². The summed E-state index contributed by atoms with van der Waals surface area (Å²) in [6, 6.07) is 8.08. The Kier molecular flexibility index (Phi) is 5.60. The monoisotopic (exact) mass is 388 g/mol. The van der Waals surface area contributed by atoms with E-state index in [0.717, 1.165) is 21.9 Å². The Morgan fingerprint density at radius 2 is 2.11 bits per heavy atom. The van der Waals surface area contributed by atoms with E-state index in [1.807, 2.05) is 26.8 Å². The summed E-state index contributed by atoms with van der Waals surface area (Å²) in [4.78, 5) is 14.2. The van der Waals surface area contributed by atoms with Gasteiger partial charge in [-0.3, -0.25) is 4.79 Å². The maximum atomic E-state index is 13.9. The van der Waals surface area contributed by atoms with Crippen molar-refractivity contribution in [2.45, 2.75) is 33.2 Å². The number of amides is 1. The fourth-order valence-electron chi connectivity index (χ4n) is 2.83. The second-order valence-corrected chi connectivity index (χ2v) is 7.50. The van der Waals surface area contributed by atoms with Gasteiger partial charge in [-0.05, 0) is 50.6 Å². The zero-order valence-corrected chi connectivity index (χ0v) is 16.4. The van der Waals surface area contributed by atoms with Gasteiger partial charge in [0.1, 0.15) is 5.76 Å². The van der Waals surface area contributed by atoms with Crippen LogP contribution in [-0.4, -0.2) is 18.2 Å². The first-order chi connectivity index (χ1) is 12.9. The quantitative estimate of drug-likeness (QED) is 0.671. The molecule has 0 bridgehead atoms. The molecular formula is C20H21FN2O3S. The average molecular weight is 388 g/mol. The van der Waals surface area contributed by atoms with E-state index in [2.05, 4.69) is 10.5 Å². The van der Waals surface area contributed by atoms with Crippen molar-refractivity contribution >= 4 is 17.2 Å². The minimum atomic E-state index is -0.450. The Hall–Kier alpha value is -2.67. The topological polar surface area (TPSA) is 64.4 Å². The molecule has 5 nitrogen and oxygen atoms in total. The number of hydrogen-bond acceptors (Lipinski definition) is 5. The van der Waals surface area contributed by atoms with E-state index in [1.165, 1.54) is 24.5 Å². The molecule has 0 saturated heterocycles. The molecule has 1 atom stereocenters. The van der Waals surface area contributed by atoms with E-state index in [1.54, 1.807) is 18.2 Å². The molecule has 0 radical (unpaired) electrons. The van der Waals surface area contributed by atoms with Crippen LogP contribution in [0.15, 0.2) is 34.9 Å². The van der Waals surface area contributed by atoms with Crippen molar-refractivity contribution in [3.05, 3.63) is 68.5 Å². The number of hydrogen-bond donors (Lipinski definition) is 1. The van der Waals surface area contributed by atoms with Crippen molar-refractivity contribution in [3.8, 4) is 5.75 Å². The third-order valence-corrected chi connectivity index (χ3v) is 5.53. The lowest BCUT2D eigenvalue weighted by molar-refractivity contribution is 0.0944. The van der Waals surface area contributed by atoms with Crippen LogP contribution in [-0.2, 0) is 6.42 Å². The highest BCUT2D eigenvalue weighted by molar-refractivity contribution is 7.14. The first-order valence-electron chi connectivity index (χ1n) is 8.53. The number of methoxy groups -OCH3 is 1. The fraction of sp³-hybridized carbons (Fsp3) is 0.300. The van der Waals surface area contributed by atoms with Crippen LogP contribution in [0.5, 0.6) is 5.75 Å². The molecule has 2 heterocycles. The van der Waals surface area contributed by atoms with Crippen molar-refractivity contribution in [2.24, 2.45) is 0 Å². The SMILES string of the molecule is COc1ccc([C@@H](C)NC(=O)c2ccc(Cc3c(C)noc3C)s2)cc1F. The Morgan fingerprint density at radius 1 is 1.33 bits per heavy atom. The molecule has 1 amide bonds. The highest BCUT2D eigenvalue weighted by Gasteiger charge is 2.17. The lowest BCUT2D eigenvalue weighted by Crippen LogP contribution is -2.25. The third kappa shape index (κ3) is 4.19. The number of carbonyl (C=O) groups is 1. The van der Waals surface area contributed by atoms with E-state index in [4.69, 9.17) is 9.26 Å². The highest BCUT2D eigenvalue weighted by atomic mass is 32.1. The summed E-state index contributed by atoms with van der Waals surface area (Å²) in [5, 5.41) is 6.86. The van der Waals surface area contributed by atoms with Gasteiger partial charge in [-0.1, -0.05) is 11.2 Å². The van der Waals surface area contributed by atoms with Gasteiger partial charge >= 0.3 is 0 Å². The van der Waals surface area contributed by atoms with Crippen LogP contribution in [0.3, 0.4) is 0 Å². The minimum Gasteiger partial charge on any atom is -0.494 e. The Morgan fingerprint density at radius 3 is 2.74 bits per heavy atom. The normalized spacial score (nSPS) is 12.0. The van der Waals surface area contributed by atoms with Crippen LogP contribution < -0.4 is 10.1 Å². The molecule has 1 N–H and O–H groups in total. The van der Waals surface area contributed by atoms with Crippen LogP contribution >= 0.6 is 11.3 Å². The molecular weight excluding hydrogens is 367 g/mol. The zero-order valence-electron chi connectivity index (χ0n) is 15.6. The van der Waals surface area contributed by atoms with Gasteiger partial charge in [0.15, 0.2) is 11.6 Å². The standard InChI is InChI=1S/C20H21FN2O3S/c1-11(14-5-7-18(25-4)17(21)9-14)22-20(24)19-8-6-15(27-19)10-16-12(2)23-26-13(16)3/h5-9,11H,10H2,1-4H3,(H,22,24)/t11-/m1/s1. The minimum absolute atomic E-state index is 0.180. The molecule has 0 unspecified atom stereocenters. The molecule has 2 aromatic heterocycles. The molecule has 0 saturated carbocycles. The number of benzene rings is 1. The number of nitrogens with one attached hydrogen (secondary N) is 1. The van der Waals surface area contributed by atoms with E-state index in [0.29, 0.717) is 16.9 Å². The lowest BCUT2D eigenvalue weighted by atomic mass is 10.1. The predicted molar refractivity (Wildman–Crippen MR) is 102 cm³/mol. The number of nitrogens with zero attached hydrogens (tertiary/aromatic N) is 1. The van der Waals surface area contributed by atoms with Crippen molar-refractivity contribution < 1.29 is 18.4 Å². The van der Waals surface area contributed by atoms with Crippen LogP contribution in [0.25, 0.3) is 0 Å². The fourth-order valence-corrected chi connectivity index (χ4v) is 3.75. The zero-order chi connectivity index (χ0) is 19.6. The molecule has 1 aromatic carbocycles. The Labute approximate surface area is 161 Å². The molecule has 3 aromatic rings. The lowest BCUT2D eigenvalue weighted by Gasteiger charge is -2.14. The summed E-state index contributed by atoms with van der Waals surface area (Å²) >= 11 is 1.43. The second-order valence-electron chi connectivity index (χ2n) is 6.33. The van der Waals surface area contributed by atoms with E-state index < -0.39 is 5.82 Å². The number of carbonyl (C=O) groups excluding carboxylic acids is 1. The molecule has 0 aliphatic heterocycles. The highest BCUT2D eigenvalue weighted by Crippen LogP contribution is 2.25. The van der Waals surface area contributed by atoms with Gasteiger partial charge in [-0.25, -0.2) is 4.39 Å². The van der Waals surface area contributed by atoms with Gasteiger partial charge in [0.2, 0.25) is 0 Å². The van der Waals surface area contributed by atoms with Crippen LogP contribution in [0, 0.1) is 19.7 Å². The molecule has 0 aliphatic rings. The van der Waals surface area contributed by atoms with Gasteiger partial charge in [0.05, 0.1) is 23.7 Å². The van der Waals surface area contributed by atoms with Gasteiger partial charge in [0, 0.05) is 16.9 Å². The predicted octanol–water partition coefficient (Wildman–Crippen LogP) is 4.58. The van der Waals surface area contributed by atoms with E-state index in [9.17, 15) is 9.18 Å². The molecule has 7 heteroatoms. The van der Waals surface area contributed by atoms with E-state index in [-0.39, 0.29) is 17.7 Å². The van der Waals surface area contributed by atoms with Gasteiger partial charge in [-0.2, -0.15) is 0 Å². The van der Waals surface area contributed by atoms with Gasteiger partial charge in [-0.15, -0.1) is 11.3 Å². The average Bonchev–Trinajstić information content (AvgIpc) is 3.24. The Balaban J connectivity index is 1.68. The summed E-state index contributed by atoms with van der Waals surface area (Å²) < 4.78 is 24.0. The maximum absolute atomic E-state index is 13.9. The Bertz CT molecular complexity index is 945. The number of thiophene rings is 1. The largest absolute Gasteiger partial charge is 0.494 e. The second kappa shape index (κ2) is 7.92. The molecule has 142 valence electrons. The molecule has 3 rings (SSSR count).